The second-order valence-electron chi connectivity index (χ2n) is 10.7. The number of sulfone groups is 1. The summed E-state index contributed by atoms with van der Waals surface area (Å²) in [4.78, 5) is 45.1. The standard InChI is InChI=1S/C31H30N6O8S2/c1-37-18-25(28(38)24-12-3-19(15-27(24)37)16-35-31-32-13-14-33-31)29(39)34-17-26(30(40)41)36-47(44,45)23-10-6-21(7-11-23)20-4-8-22(9-5-20)46(2,42)43/h3-15,18,26,36H,16-17H2,1-2H3,(H,34,39)(H,40,41)(H2,32,33,35). The molecule has 2 aromatic heterocycles. The second kappa shape index (κ2) is 13.2. The zero-order valence-corrected chi connectivity index (χ0v) is 26.7. The number of aromatic amines is 1. The molecule has 0 bridgehead atoms. The third-order valence-electron chi connectivity index (χ3n) is 7.30. The molecule has 0 saturated heterocycles. The third-order valence-corrected chi connectivity index (χ3v) is 9.92. The van der Waals surface area contributed by atoms with Crippen molar-refractivity contribution in [2.24, 2.45) is 7.05 Å². The smallest absolute Gasteiger partial charge is 0.323 e. The first-order chi connectivity index (χ1) is 22.2. The maximum atomic E-state index is 13.2. The molecule has 0 saturated carbocycles. The third kappa shape index (κ3) is 7.57. The van der Waals surface area contributed by atoms with Gasteiger partial charge in [-0.3, -0.25) is 14.4 Å². The van der Waals surface area contributed by atoms with Gasteiger partial charge in [-0.05, 0) is 53.1 Å². The molecule has 0 aliphatic carbocycles. The van der Waals surface area contributed by atoms with Crippen molar-refractivity contribution in [3.8, 4) is 11.1 Å². The first-order valence-corrected chi connectivity index (χ1v) is 17.4. The molecule has 47 heavy (non-hydrogen) atoms. The van der Waals surface area contributed by atoms with Crippen LogP contribution in [0.1, 0.15) is 15.9 Å². The number of amides is 1. The molecule has 1 unspecified atom stereocenters. The summed E-state index contributed by atoms with van der Waals surface area (Å²) in [5, 5.41) is 15.5. The Kier molecular flexibility index (Phi) is 9.28. The summed E-state index contributed by atoms with van der Waals surface area (Å²) in [7, 11) is -6.07. The Hall–Kier alpha value is -5.32. The molecule has 1 amide bonds. The Bertz CT molecular complexity index is 2230. The van der Waals surface area contributed by atoms with Crippen LogP contribution in [0, 0.1) is 0 Å². The quantitative estimate of drug-likeness (QED) is 0.130. The number of nitrogens with one attached hydrogen (secondary N) is 4. The number of sulfonamides is 1. The topological polar surface area (TPSA) is 209 Å². The molecule has 14 nitrogen and oxygen atoms in total. The lowest BCUT2D eigenvalue weighted by Gasteiger charge is -2.16. The van der Waals surface area contributed by atoms with Gasteiger partial charge >= 0.3 is 5.97 Å². The zero-order chi connectivity index (χ0) is 33.9. The average Bonchev–Trinajstić information content (AvgIpc) is 3.57. The van der Waals surface area contributed by atoms with Gasteiger partial charge in [0.15, 0.2) is 15.8 Å². The molecule has 244 valence electrons. The number of aryl methyl sites for hydroxylation is 1. The van der Waals surface area contributed by atoms with Crippen LogP contribution in [-0.2, 0) is 38.2 Å². The minimum atomic E-state index is -4.35. The highest BCUT2D eigenvalue weighted by Gasteiger charge is 2.27. The number of pyridine rings is 1. The Morgan fingerprint density at radius 1 is 0.957 bits per heavy atom. The van der Waals surface area contributed by atoms with Crippen molar-refractivity contribution in [3.63, 3.8) is 0 Å². The molecular weight excluding hydrogens is 649 g/mol. The van der Waals surface area contributed by atoms with E-state index in [2.05, 4.69) is 25.3 Å². The van der Waals surface area contributed by atoms with Crippen LogP contribution in [-0.4, -0.2) is 67.2 Å². The number of anilines is 1. The molecule has 0 aliphatic heterocycles. The number of rotatable bonds is 12. The van der Waals surface area contributed by atoms with Crippen molar-refractivity contribution in [2.45, 2.75) is 22.4 Å². The van der Waals surface area contributed by atoms with Gasteiger partial charge in [0, 0.05) is 50.4 Å². The predicted octanol–water partition coefficient (Wildman–Crippen LogP) is 2.11. The van der Waals surface area contributed by atoms with Crippen molar-refractivity contribution in [3.05, 3.63) is 107 Å². The Morgan fingerprint density at radius 3 is 2.17 bits per heavy atom. The van der Waals surface area contributed by atoms with Crippen molar-refractivity contribution >= 4 is 48.6 Å². The van der Waals surface area contributed by atoms with E-state index < -0.39 is 49.8 Å². The Balaban J connectivity index is 1.26. The van der Waals surface area contributed by atoms with E-state index in [9.17, 15) is 36.3 Å². The fraction of sp³-hybridized carbons (Fsp3) is 0.161. The minimum absolute atomic E-state index is 0.140. The Labute approximate surface area is 269 Å². The first kappa shape index (κ1) is 33.1. The molecule has 2 heterocycles. The maximum absolute atomic E-state index is 13.2. The molecule has 0 radical (unpaired) electrons. The summed E-state index contributed by atoms with van der Waals surface area (Å²) in [6.45, 7) is -0.214. The largest absolute Gasteiger partial charge is 0.480 e. The van der Waals surface area contributed by atoms with E-state index in [1.807, 2.05) is 0 Å². The summed E-state index contributed by atoms with van der Waals surface area (Å²) in [6.07, 6.45) is 5.72. The van der Waals surface area contributed by atoms with Crippen LogP contribution in [0.4, 0.5) is 5.95 Å². The van der Waals surface area contributed by atoms with Gasteiger partial charge in [-0.2, -0.15) is 4.72 Å². The fourth-order valence-electron chi connectivity index (χ4n) is 4.79. The number of benzene rings is 3. The highest BCUT2D eigenvalue weighted by Crippen LogP contribution is 2.23. The van der Waals surface area contributed by atoms with E-state index >= 15 is 0 Å². The van der Waals surface area contributed by atoms with E-state index in [4.69, 9.17) is 0 Å². The summed E-state index contributed by atoms with van der Waals surface area (Å²) >= 11 is 0. The summed E-state index contributed by atoms with van der Waals surface area (Å²) < 4.78 is 53.2. The lowest BCUT2D eigenvalue weighted by atomic mass is 10.1. The molecule has 0 spiro atoms. The lowest BCUT2D eigenvalue weighted by Crippen LogP contribution is -2.48. The molecule has 3 aromatic carbocycles. The molecule has 0 fully saturated rings. The number of fused-ring (bicyclic) bond motifs is 1. The molecule has 5 rings (SSSR count). The zero-order valence-electron chi connectivity index (χ0n) is 25.1. The minimum Gasteiger partial charge on any atom is -0.480 e. The number of aromatic nitrogens is 3. The van der Waals surface area contributed by atoms with Gasteiger partial charge in [0.1, 0.15) is 11.6 Å². The monoisotopic (exact) mass is 678 g/mol. The maximum Gasteiger partial charge on any atom is 0.323 e. The van der Waals surface area contributed by atoms with E-state index in [-0.39, 0.29) is 20.7 Å². The van der Waals surface area contributed by atoms with Gasteiger partial charge in [-0.25, -0.2) is 21.8 Å². The highest BCUT2D eigenvalue weighted by molar-refractivity contribution is 7.90. The van der Waals surface area contributed by atoms with Crippen molar-refractivity contribution in [2.75, 3.05) is 18.1 Å². The van der Waals surface area contributed by atoms with Crippen LogP contribution in [0.25, 0.3) is 22.0 Å². The molecule has 0 aliphatic rings. The van der Waals surface area contributed by atoms with E-state index in [1.165, 1.54) is 42.6 Å². The average molecular weight is 679 g/mol. The molecular formula is C31H30N6O8S2. The summed E-state index contributed by atoms with van der Waals surface area (Å²) in [5.41, 5.74) is 1.86. The van der Waals surface area contributed by atoms with Crippen LogP contribution >= 0.6 is 0 Å². The van der Waals surface area contributed by atoms with E-state index in [0.717, 1.165) is 11.8 Å². The number of carbonyl (C=O) groups is 2. The number of hydrogen-bond acceptors (Lipinski definition) is 9. The van der Waals surface area contributed by atoms with E-state index in [0.29, 0.717) is 29.1 Å². The number of carboxylic acids is 1. The van der Waals surface area contributed by atoms with Gasteiger partial charge in [-0.15, -0.1) is 0 Å². The van der Waals surface area contributed by atoms with Crippen molar-refractivity contribution in [1.29, 1.82) is 0 Å². The summed E-state index contributed by atoms with van der Waals surface area (Å²) in [6, 6.07) is 15.0. The van der Waals surface area contributed by atoms with Crippen LogP contribution in [0.3, 0.4) is 0 Å². The fourth-order valence-corrected chi connectivity index (χ4v) is 6.61. The van der Waals surface area contributed by atoms with Gasteiger partial charge in [0.25, 0.3) is 5.91 Å². The van der Waals surface area contributed by atoms with Crippen molar-refractivity contribution in [1.82, 2.24) is 24.6 Å². The van der Waals surface area contributed by atoms with Crippen LogP contribution in [0.15, 0.2) is 99.9 Å². The van der Waals surface area contributed by atoms with Gasteiger partial charge < -0.3 is 25.3 Å². The van der Waals surface area contributed by atoms with Crippen LogP contribution in [0.2, 0.25) is 0 Å². The normalized spacial score (nSPS) is 12.5. The predicted molar refractivity (Wildman–Crippen MR) is 174 cm³/mol. The Morgan fingerprint density at radius 2 is 1.60 bits per heavy atom. The number of aliphatic carboxylic acids is 1. The number of nitrogens with zero attached hydrogens (tertiary/aromatic N) is 2. The molecule has 16 heteroatoms. The number of carboxylic acid groups (broad SMARTS) is 1. The molecule has 5 N–H and O–H groups in total. The molecule has 5 aromatic rings. The number of H-pyrrole nitrogens is 1. The van der Waals surface area contributed by atoms with Gasteiger partial charge in [0.05, 0.1) is 15.3 Å². The SMILES string of the molecule is Cn1cc(C(=O)NCC(NS(=O)(=O)c2ccc(-c3ccc(S(C)(=O)=O)cc3)cc2)C(=O)O)c(=O)c2ccc(CNc3ncc[nH]3)cc21. The summed E-state index contributed by atoms with van der Waals surface area (Å²) in [5.74, 6) is -1.83. The number of imidazole rings is 1. The highest BCUT2D eigenvalue weighted by atomic mass is 32.2. The molecule has 1 atom stereocenters. The van der Waals surface area contributed by atoms with Crippen molar-refractivity contribution < 1.29 is 31.5 Å². The van der Waals surface area contributed by atoms with Gasteiger partial charge in [0.2, 0.25) is 15.5 Å². The van der Waals surface area contributed by atoms with Crippen LogP contribution < -0.4 is 20.8 Å². The van der Waals surface area contributed by atoms with Gasteiger partial charge in [-0.1, -0.05) is 30.3 Å². The number of carbonyl (C=O) groups excluding carboxylic acids is 1. The van der Waals surface area contributed by atoms with Crippen LogP contribution in [0.5, 0.6) is 0 Å². The van der Waals surface area contributed by atoms with E-state index in [1.54, 1.807) is 54.3 Å². The number of hydrogen-bond donors (Lipinski definition) is 5. The first-order valence-electron chi connectivity index (χ1n) is 14.0. The second-order valence-corrected chi connectivity index (χ2v) is 14.4. The lowest BCUT2D eigenvalue weighted by molar-refractivity contribution is -0.138.